The predicted molar refractivity (Wildman–Crippen MR) is 86.5 cm³/mol. The molecule has 2 heterocycles. The van der Waals surface area contributed by atoms with Crippen LogP contribution in [0.25, 0.3) is 0 Å². The highest BCUT2D eigenvalue weighted by Gasteiger charge is 2.30. The molecule has 0 aliphatic carbocycles. The molecule has 1 aromatic heterocycles. The summed E-state index contributed by atoms with van der Waals surface area (Å²) in [5, 5.41) is 7.94. The van der Waals surface area contributed by atoms with Crippen LogP contribution in [0.15, 0.2) is 28.9 Å². The second kappa shape index (κ2) is 5.81. The third kappa shape index (κ3) is 2.72. The smallest absolute Gasteiger partial charge is 0.129 e. The van der Waals surface area contributed by atoms with E-state index in [0.29, 0.717) is 6.04 Å². The summed E-state index contributed by atoms with van der Waals surface area (Å²) in [6.07, 6.45) is 3.98. The molecule has 0 saturated heterocycles. The van der Waals surface area contributed by atoms with Crippen LogP contribution >= 0.6 is 15.9 Å². The van der Waals surface area contributed by atoms with Crippen LogP contribution in [0.1, 0.15) is 42.3 Å². The van der Waals surface area contributed by atoms with Crippen LogP contribution in [0.2, 0.25) is 0 Å². The van der Waals surface area contributed by atoms with Gasteiger partial charge in [-0.15, -0.1) is 0 Å². The quantitative estimate of drug-likeness (QED) is 0.921. The van der Waals surface area contributed by atoms with Gasteiger partial charge in [-0.05, 0) is 31.7 Å². The van der Waals surface area contributed by atoms with Crippen LogP contribution in [-0.2, 0) is 13.5 Å². The van der Waals surface area contributed by atoms with Crippen LogP contribution in [0.4, 0.5) is 0 Å². The van der Waals surface area contributed by atoms with Crippen molar-refractivity contribution in [2.75, 3.05) is 7.05 Å². The first-order valence-electron chi connectivity index (χ1n) is 7.28. The lowest BCUT2D eigenvalue weighted by Gasteiger charge is -2.32. The molecule has 1 aliphatic heterocycles. The molecule has 0 amide bonds. The molecule has 0 radical (unpaired) electrons. The van der Waals surface area contributed by atoms with Crippen LogP contribution < -0.4 is 10.1 Å². The number of benzene rings is 1. The minimum absolute atomic E-state index is 0.0553. The molecule has 0 fully saturated rings. The van der Waals surface area contributed by atoms with E-state index in [1.54, 1.807) is 0 Å². The second-order valence-corrected chi connectivity index (χ2v) is 6.34. The Labute approximate surface area is 133 Å². The van der Waals surface area contributed by atoms with Crippen molar-refractivity contribution in [3.63, 3.8) is 0 Å². The van der Waals surface area contributed by atoms with Gasteiger partial charge in [-0.3, -0.25) is 4.68 Å². The summed E-state index contributed by atoms with van der Waals surface area (Å²) >= 11 is 3.54. The Bertz CT molecular complexity index is 653. The van der Waals surface area contributed by atoms with Gasteiger partial charge in [-0.2, -0.15) is 5.10 Å². The Hall–Kier alpha value is -1.33. The zero-order chi connectivity index (χ0) is 15.0. The number of aromatic nitrogens is 2. The van der Waals surface area contributed by atoms with Gasteiger partial charge in [0.15, 0.2) is 0 Å². The van der Waals surface area contributed by atoms with E-state index in [9.17, 15) is 0 Å². The van der Waals surface area contributed by atoms with E-state index in [0.717, 1.165) is 28.8 Å². The molecule has 3 rings (SSSR count). The average molecular weight is 350 g/mol. The molecular weight excluding hydrogens is 330 g/mol. The van der Waals surface area contributed by atoms with E-state index in [4.69, 9.17) is 4.74 Å². The summed E-state index contributed by atoms with van der Waals surface area (Å²) in [4.78, 5) is 0. The fraction of sp³-hybridized carbons (Fsp3) is 0.438. The Morgan fingerprint density at radius 1 is 1.43 bits per heavy atom. The third-order valence-electron chi connectivity index (χ3n) is 4.03. The molecule has 0 spiro atoms. The molecule has 112 valence electrons. The summed E-state index contributed by atoms with van der Waals surface area (Å²) in [7, 11) is 3.97. The molecule has 1 aliphatic rings. The molecule has 4 nitrogen and oxygen atoms in total. The number of rotatable bonds is 3. The molecule has 2 atom stereocenters. The van der Waals surface area contributed by atoms with E-state index < -0.39 is 0 Å². The molecule has 2 aromatic rings. The van der Waals surface area contributed by atoms with Gasteiger partial charge in [0, 0.05) is 41.3 Å². The molecule has 0 bridgehead atoms. The minimum atomic E-state index is 0.0553. The summed E-state index contributed by atoms with van der Waals surface area (Å²) in [5.41, 5.74) is 3.54. The van der Waals surface area contributed by atoms with Crippen molar-refractivity contribution in [2.24, 2.45) is 7.05 Å². The molecular formula is C16H20BrN3O. The fourth-order valence-corrected chi connectivity index (χ4v) is 3.38. The number of nitrogens with one attached hydrogen (secondary N) is 1. The molecule has 2 unspecified atom stereocenters. The van der Waals surface area contributed by atoms with Crippen LogP contribution in [-0.4, -0.2) is 16.8 Å². The van der Waals surface area contributed by atoms with Crippen molar-refractivity contribution in [2.45, 2.75) is 31.9 Å². The van der Waals surface area contributed by atoms with E-state index in [1.807, 2.05) is 30.9 Å². The van der Waals surface area contributed by atoms with Crippen molar-refractivity contribution >= 4 is 15.9 Å². The summed E-state index contributed by atoms with van der Waals surface area (Å²) in [6.45, 7) is 2.13. The number of nitrogens with zero attached hydrogens (tertiary/aromatic N) is 2. The summed E-state index contributed by atoms with van der Waals surface area (Å²) < 4.78 is 9.21. The molecule has 1 N–H and O–H groups in total. The number of hydrogen-bond donors (Lipinski definition) is 1. The monoisotopic (exact) mass is 349 g/mol. The highest BCUT2D eigenvalue weighted by Crippen LogP contribution is 2.42. The topological polar surface area (TPSA) is 39.1 Å². The van der Waals surface area contributed by atoms with Crippen molar-refractivity contribution in [3.8, 4) is 5.75 Å². The van der Waals surface area contributed by atoms with Gasteiger partial charge >= 0.3 is 0 Å². The lowest BCUT2D eigenvalue weighted by Crippen LogP contribution is -2.27. The summed E-state index contributed by atoms with van der Waals surface area (Å²) in [6, 6.07) is 6.49. The molecule has 21 heavy (non-hydrogen) atoms. The lowest BCUT2D eigenvalue weighted by molar-refractivity contribution is 0.153. The number of aryl methyl sites for hydroxylation is 2. The molecule has 0 saturated carbocycles. The number of halogens is 1. The first kappa shape index (κ1) is 14.6. The lowest BCUT2D eigenvalue weighted by atomic mass is 9.93. The highest BCUT2D eigenvalue weighted by atomic mass is 79.9. The maximum absolute atomic E-state index is 6.25. The fourth-order valence-electron chi connectivity index (χ4n) is 3.00. The Morgan fingerprint density at radius 2 is 2.24 bits per heavy atom. The van der Waals surface area contributed by atoms with E-state index in [2.05, 4.69) is 45.5 Å². The first-order valence-corrected chi connectivity index (χ1v) is 8.07. The standard InChI is InChI=1S/C16H20BrN3O/c1-4-13-12(9-20(3)19-13)16-8-14(18-2)11-7-10(17)5-6-15(11)21-16/h5-7,9,14,16,18H,4,8H2,1-3H3. The van der Waals surface area contributed by atoms with Gasteiger partial charge in [0.25, 0.3) is 0 Å². The van der Waals surface area contributed by atoms with Gasteiger partial charge in [-0.25, -0.2) is 0 Å². The first-order chi connectivity index (χ1) is 10.1. The predicted octanol–water partition coefficient (Wildman–Crippen LogP) is 3.53. The minimum Gasteiger partial charge on any atom is -0.485 e. The van der Waals surface area contributed by atoms with E-state index in [1.165, 1.54) is 11.1 Å². The Morgan fingerprint density at radius 3 is 2.95 bits per heavy atom. The average Bonchev–Trinajstić information content (AvgIpc) is 2.87. The number of ether oxygens (including phenoxy) is 1. The van der Waals surface area contributed by atoms with Crippen molar-refractivity contribution in [1.29, 1.82) is 0 Å². The summed E-state index contributed by atoms with van der Waals surface area (Å²) in [5.74, 6) is 0.958. The van der Waals surface area contributed by atoms with Crippen molar-refractivity contribution in [3.05, 3.63) is 45.7 Å². The zero-order valence-electron chi connectivity index (χ0n) is 12.6. The molecule has 5 heteroatoms. The van der Waals surface area contributed by atoms with E-state index in [-0.39, 0.29) is 6.10 Å². The number of hydrogen-bond acceptors (Lipinski definition) is 3. The second-order valence-electron chi connectivity index (χ2n) is 5.42. The highest BCUT2D eigenvalue weighted by molar-refractivity contribution is 9.10. The molecule has 1 aromatic carbocycles. The largest absolute Gasteiger partial charge is 0.485 e. The third-order valence-corrected chi connectivity index (χ3v) is 4.53. The zero-order valence-corrected chi connectivity index (χ0v) is 14.1. The van der Waals surface area contributed by atoms with Crippen LogP contribution in [0.5, 0.6) is 5.75 Å². The van der Waals surface area contributed by atoms with Crippen molar-refractivity contribution in [1.82, 2.24) is 15.1 Å². The van der Waals surface area contributed by atoms with Crippen LogP contribution in [0.3, 0.4) is 0 Å². The van der Waals surface area contributed by atoms with Gasteiger partial charge in [-0.1, -0.05) is 22.9 Å². The SMILES string of the molecule is CCc1nn(C)cc1C1CC(NC)c2cc(Br)ccc2O1. The number of fused-ring (bicyclic) bond motifs is 1. The Kier molecular flexibility index (Phi) is 4.04. The van der Waals surface area contributed by atoms with Gasteiger partial charge in [0.05, 0.1) is 5.69 Å². The normalized spacial score (nSPS) is 21.0. The van der Waals surface area contributed by atoms with Gasteiger partial charge in [0.2, 0.25) is 0 Å². The maximum atomic E-state index is 6.25. The Balaban J connectivity index is 1.98. The van der Waals surface area contributed by atoms with E-state index >= 15 is 0 Å². The van der Waals surface area contributed by atoms with Gasteiger partial charge < -0.3 is 10.1 Å². The van der Waals surface area contributed by atoms with Crippen molar-refractivity contribution < 1.29 is 4.74 Å². The van der Waals surface area contributed by atoms with Gasteiger partial charge in [0.1, 0.15) is 11.9 Å². The maximum Gasteiger partial charge on any atom is 0.129 e. The van der Waals surface area contributed by atoms with Crippen LogP contribution in [0, 0.1) is 0 Å².